The number of amides is 1. The Hall–Kier alpha value is -1.56. The van der Waals surface area contributed by atoms with Crippen LogP contribution in [0.2, 0.25) is 5.02 Å². The number of carbonyl (C=O) groups is 1. The minimum Gasteiger partial charge on any atom is -0.438 e. The molecule has 0 aliphatic carbocycles. The third kappa shape index (κ3) is 4.09. The summed E-state index contributed by atoms with van der Waals surface area (Å²) < 4.78 is 5.79. The second-order valence-electron chi connectivity index (χ2n) is 5.95. The van der Waals surface area contributed by atoms with Crippen LogP contribution in [-0.2, 0) is 11.3 Å². The van der Waals surface area contributed by atoms with E-state index in [-0.39, 0.29) is 24.2 Å². The Morgan fingerprint density at radius 1 is 1.42 bits per heavy atom. The maximum atomic E-state index is 12.1. The summed E-state index contributed by atoms with van der Waals surface area (Å²) in [6, 6.07) is 7.41. The van der Waals surface area contributed by atoms with Crippen molar-refractivity contribution in [1.29, 1.82) is 0 Å². The van der Waals surface area contributed by atoms with Crippen LogP contribution in [0.4, 0.5) is 0 Å². The molecule has 7 heteroatoms. The molecule has 130 valence electrons. The number of aryl methyl sites for hydroxylation is 1. The standard InChI is InChI=1S/C17H20ClN3O2.ClH/c1-10(13-7-19-8-13)17(22)20-9-15-21-11(2)16(23-15)12-3-5-14(18)6-4-12;/h3-6,10,13,19H,7-9H2,1-2H3,(H,20,22);1H. The van der Waals surface area contributed by atoms with E-state index in [1.165, 1.54) is 0 Å². The smallest absolute Gasteiger partial charge is 0.223 e. The Balaban J connectivity index is 0.00000208. The van der Waals surface area contributed by atoms with Crippen molar-refractivity contribution in [3.05, 3.63) is 40.9 Å². The molecule has 2 aromatic rings. The summed E-state index contributed by atoms with van der Waals surface area (Å²) >= 11 is 5.90. The molecular formula is C17H21Cl2N3O2. The zero-order chi connectivity index (χ0) is 16.4. The van der Waals surface area contributed by atoms with Gasteiger partial charge in [-0.3, -0.25) is 4.79 Å². The van der Waals surface area contributed by atoms with Gasteiger partial charge in [-0.05, 0) is 50.2 Å². The van der Waals surface area contributed by atoms with E-state index < -0.39 is 0 Å². The predicted octanol–water partition coefficient (Wildman–Crippen LogP) is 3.20. The zero-order valence-corrected chi connectivity index (χ0v) is 15.2. The number of benzene rings is 1. The molecule has 0 bridgehead atoms. The van der Waals surface area contributed by atoms with Crippen molar-refractivity contribution in [2.75, 3.05) is 13.1 Å². The van der Waals surface area contributed by atoms with E-state index in [0.29, 0.717) is 29.1 Å². The van der Waals surface area contributed by atoms with Crippen LogP contribution in [-0.4, -0.2) is 24.0 Å². The number of hydrogen-bond acceptors (Lipinski definition) is 4. The maximum absolute atomic E-state index is 12.1. The lowest BCUT2D eigenvalue weighted by molar-refractivity contribution is -0.127. The average molecular weight is 370 g/mol. The van der Waals surface area contributed by atoms with Gasteiger partial charge in [0, 0.05) is 16.5 Å². The highest BCUT2D eigenvalue weighted by Crippen LogP contribution is 2.26. The Morgan fingerprint density at radius 2 is 2.08 bits per heavy atom. The van der Waals surface area contributed by atoms with E-state index in [9.17, 15) is 4.79 Å². The number of nitrogens with one attached hydrogen (secondary N) is 2. The van der Waals surface area contributed by atoms with Crippen molar-refractivity contribution in [3.63, 3.8) is 0 Å². The molecule has 1 amide bonds. The van der Waals surface area contributed by atoms with Crippen LogP contribution in [0.15, 0.2) is 28.7 Å². The molecule has 2 N–H and O–H groups in total. The minimum atomic E-state index is 0. The SMILES string of the molecule is Cc1nc(CNC(=O)C(C)C2CNC2)oc1-c1ccc(Cl)cc1.Cl. The van der Waals surface area contributed by atoms with Gasteiger partial charge in [0.2, 0.25) is 11.8 Å². The zero-order valence-electron chi connectivity index (χ0n) is 13.6. The lowest BCUT2D eigenvalue weighted by Gasteiger charge is -2.31. The van der Waals surface area contributed by atoms with Crippen LogP contribution in [0.5, 0.6) is 0 Å². The van der Waals surface area contributed by atoms with Crippen molar-refractivity contribution in [1.82, 2.24) is 15.6 Å². The lowest BCUT2D eigenvalue weighted by atomic mass is 9.88. The van der Waals surface area contributed by atoms with Crippen molar-refractivity contribution in [2.45, 2.75) is 20.4 Å². The van der Waals surface area contributed by atoms with Crippen LogP contribution in [0.25, 0.3) is 11.3 Å². The molecule has 1 unspecified atom stereocenters. The molecule has 1 atom stereocenters. The Labute approximate surface area is 152 Å². The minimum absolute atomic E-state index is 0. The van der Waals surface area contributed by atoms with Gasteiger partial charge >= 0.3 is 0 Å². The molecule has 3 rings (SSSR count). The van der Waals surface area contributed by atoms with Crippen LogP contribution >= 0.6 is 24.0 Å². The van der Waals surface area contributed by atoms with Crippen LogP contribution < -0.4 is 10.6 Å². The first-order chi connectivity index (χ1) is 11.0. The van der Waals surface area contributed by atoms with Crippen LogP contribution in [0, 0.1) is 18.8 Å². The van der Waals surface area contributed by atoms with E-state index in [1.807, 2.05) is 38.1 Å². The number of nitrogens with zero attached hydrogens (tertiary/aromatic N) is 1. The number of oxazole rings is 1. The maximum Gasteiger partial charge on any atom is 0.223 e. The average Bonchev–Trinajstić information content (AvgIpc) is 2.85. The summed E-state index contributed by atoms with van der Waals surface area (Å²) in [4.78, 5) is 16.5. The molecule has 0 spiro atoms. The third-order valence-electron chi connectivity index (χ3n) is 4.29. The highest BCUT2D eigenvalue weighted by atomic mass is 35.5. The highest BCUT2D eigenvalue weighted by Gasteiger charge is 2.28. The molecule has 1 aliphatic heterocycles. The topological polar surface area (TPSA) is 67.2 Å². The fraction of sp³-hybridized carbons (Fsp3) is 0.412. The first-order valence-corrected chi connectivity index (χ1v) is 8.13. The van der Waals surface area contributed by atoms with Gasteiger partial charge in [-0.25, -0.2) is 4.98 Å². The van der Waals surface area contributed by atoms with E-state index in [4.69, 9.17) is 16.0 Å². The number of carbonyl (C=O) groups excluding carboxylic acids is 1. The van der Waals surface area contributed by atoms with Gasteiger partial charge in [0.25, 0.3) is 0 Å². The summed E-state index contributed by atoms with van der Waals surface area (Å²) in [7, 11) is 0. The summed E-state index contributed by atoms with van der Waals surface area (Å²) in [5, 5.41) is 6.77. The molecule has 1 aromatic heterocycles. The summed E-state index contributed by atoms with van der Waals surface area (Å²) in [6.07, 6.45) is 0. The van der Waals surface area contributed by atoms with Gasteiger partial charge in [-0.2, -0.15) is 0 Å². The van der Waals surface area contributed by atoms with E-state index >= 15 is 0 Å². The first kappa shape index (κ1) is 18.8. The second kappa shape index (κ2) is 8.01. The summed E-state index contributed by atoms with van der Waals surface area (Å²) in [5.74, 6) is 1.69. The number of halogens is 2. The summed E-state index contributed by atoms with van der Waals surface area (Å²) in [6.45, 7) is 5.97. The van der Waals surface area contributed by atoms with Gasteiger partial charge in [0.15, 0.2) is 5.76 Å². The Morgan fingerprint density at radius 3 is 2.67 bits per heavy atom. The summed E-state index contributed by atoms with van der Waals surface area (Å²) in [5.41, 5.74) is 1.72. The number of aromatic nitrogens is 1. The number of hydrogen-bond donors (Lipinski definition) is 2. The molecule has 1 fully saturated rings. The van der Waals surface area contributed by atoms with Crippen molar-refractivity contribution >= 4 is 29.9 Å². The lowest BCUT2D eigenvalue weighted by Crippen LogP contribution is -2.49. The Kier molecular flexibility index (Phi) is 6.27. The molecule has 0 radical (unpaired) electrons. The number of rotatable bonds is 5. The van der Waals surface area contributed by atoms with Crippen molar-refractivity contribution in [2.24, 2.45) is 11.8 Å². The quantitative estimate of drug-likeness (QED) is 0.848. The molecule has 24 heavy (non-hydrogen) atoms. The van der Waals surface area contributed by atoms with Gasteiger partial charge in [0.1, 0.15) is 0 Å². The van der Waals surface area contributed by atoms with Crippen molar-refractivity contribution in [3.8, 4) is 11.3 Å². The van der Waals surface area contributed by atoms with Gasteiger partial charge in [0.05, 0.1) is 12.2 Å². The Bertz CT molecular complexity index is 696. The second-order valence-corrected chi connectivity index (χ2v) is 6.39. The molecular weight excluding hydrogens is 349 g/mol. The molecule has 1 saturated heterocycles. The normalized spacial score (nSPS) is 15.3. The van der Waals surface area contributed by atoms with Gasteiger partial charge in [-0.1, -0.05) is 18.5 Å². The fourth-order valence-electron chi connectivity index (χ4n) is 2.60. The molecule has 5 nitrogen and oxygen atoms in total. The fourth-order valence-corrected chi connectivity index (χ4v) is 2.73. The van der Waals surface area contributed by atoms with E-state index in [1.54, 1.807) is 0 Å². The first-order valence-electron chi connectivity index (χ1n) is 7.75. The largest absolute Gasteiger partial charge is 0.438 e. The molecule has 2 heterocycles. The van der Waals surface area contributed by atoms with Gasteiger partial charge in [-0.15, -0.1) is 12.4 Å². The molecule has 1 aliphatic rings. The van der Waals surface area contributed by atoms with Crippen LogP contribution in [0.1, 0.15) is 18.5 Å². The molecule has 1 aromatic carbocycles. The van der Waals surface area contributed by atoms with Crippen molar-refractivity contribution < 1.29 is 9.21 Å². The molecule has 0 saturated carbocycles. The van der Waals surface area contributed by atoms with Gasteiger partial charge < -0.3 is 15.1 Å². The monoisotopic (exact) mass is 369 g/mol. The predicted molar refractivity (Wildman–Crippen MR) is 96.3 cm³/mol. The van der Waals surface area contributed by atoms with E-state index in [0.717, 1.165) is 24.3 Å². The highest BCUT2D eigenvalue weighted by molar-refractivity contribution is 6.30. The van der Waals surface area contributed by atoms with Crippen LogP contribution in [0.3, 0.4) is 0 Å². The third-order valence-corrected chi connectivity index (χ3v) is 4.55. The van der Waals surface area contributed by atoms with E-state index in [2.05, 4.69) is 15.6 Å².